The molecule has 1 aliphatic heterocycles. The molecule has 7 heteroatoms. The summed E-state index contributed by atoms with van der Waals surface area (Å²) in [5.41, 5.74) is 3.47. The monoisotopic (exact) mass is 536 g/mol. The van der Waals surface area contributed by atoms with Gasteiger partial charge < -0.3 is 13.6 Å². The highest BCUT2D eigenvalue weighted by Crippen LogP contribution is 2.49. The third-order valence-corrected chi connectivity index (χ3v) is 7.63. The fraction of sp³-hybridized carbons (Fsp3) is 0.0294. The number of ether oxygens (including phenoxy) is 1. The van der Waals surface area contributed by atoms with Crippen LogP contribution in [0.15, 0.2) is 128 Å². The largest absolute Gasteiger partial charge is 0.464 e. The molecule has 7 nitrogen and oxygen atoms in total. The average Bonchev–Trinajstić information content (AvgIpc) is 3.44. The van der Waals surface area contributed by atoms with Crippen molar-refractivity contribution in [2.75, 3.05) is 0 Å². The predicted molar refractivity (Wildman–Crippen MR) is 157 cm³/mol. The summed E-state index contributed by atoms with van der Waals surface area (Å²) in [6.45, 7) is 0. The lowest BCUT2D eigenvalue weighted by atomic mass is 9.80. The van der Waals surface area contributed by atoms with E-state index in [0.29, 0.717) is 33.6 Å². The molecular formula is C34H20N2O5. The highest BCUT2D eigenvalue weighted by molar-refractivity contribution is 5.96. The van der Waals surface area contributed by atoms with Crippen molar-refractivity contribution >= 4 is 38.2 Å². The van der Waals surface area contributed by atoms with Crippen LogP contribution in [0.25, 0.3) is 49.5 Å². The second-order valence-corrected chi connectivity index (χ2v) is 9.97. The number of hydrogen-bond donors (Lipinski definition) is 1. The second-order valence-electron chi connectivity index (χ2n) is 9.97. The Morgan fingerprint density at radius 3 is 2.37 bits per heavy atom. The van der Waals surface area contributed by atoms with Crippen molar-refractivity contribution in [3.05, 3.63) is 147 Å². The Balaban J connectivity index is 1.44. The first-order valence-corrected chi connectivity index (χ1v) is 13.1. The maximum absolute atomic E-state index is 13.4. The smallest absolute Gasteiger partial charge is 0.344 e. The molecule has 1 atom stereocenters. The van der Waals surface area contributed by atoms with E-state index in [9.17, 15) is 9.59 Å². The summed E-state index contributed by atoms with van der Waals surface area (Å²) in [7, 11) is 0. The van der Waals surface area contributed by atoms with E-state index < -0.39 is 17.2 Å². The van der Waals surface area contributed by atoms with Gasteiger partial charge in [0.15, 0.2) is 0 Å². The SMILES string of the molecule is O=c1oc2ccccc2cc1C1=COc2cccc(-c3n[nH]c4ccccc34)c2C1c1cc2ccccc2c(=O)o1. The van der Waals surface area contributed by atoms with Gasteiger partial charge in [0.2, 0.25) is 0 Å². The highest BCUT2D eigenvalue weighted by Gasteiger charge is 2.35. The molecule has 0 amide bonds. The van der Waals surface area contributed by atoms with Gasteiger partial charge in [-0.2, -0.15) is 5.10 Å². The number of aromatic nitrogens is 2. The molecule has 0 spiro atoms. The van der Waals surface area contributed by atoms with E-state index in [1.807, 2.05) is 78.9 Å². The third kappa shape index (κ3) is 3.63. The number of para-hydroxylation sites is 2. The van der Waals surface area contributed by atoms with Crippen LogP contribution in [-0.4, -0.2) is 10.2 Å². The fourth-order valence-electron chi connectivity index (χ4n) is 5.74. The molecule has 7 aromatic rings. The number of fused-ring (bicyclic) bond motifs is 4. The zero-order valence-electron chi connectivity index (χ0n) is 21.5. The zero-order valence-corrected chi connectivity index (χ0v) is 21.5. The van der Waals surface area contributed by atoms with Gasteiger partial charge in [0.25, 0.3) is 0 Å². The second kappa shape index (κ2) is 8.93. The molecule has 4 aromatic carbocycles. The van der Waals surface area contributed by atoms with E-state index in [0.717, 1.165) is 38.5 Å². The number of nitrogens with zero attached hydrogens (tertiary/aromatic N) is 1. The van der Waals surface area contributed by atoms with Gasteiger partial charge in [0, 0.05) is 27.5 Å². The van der Waals surface area contributed by atoms with Crippen LogP contribution in [0.4, 0.5) is 0 Å². The van der Waals surface area contributed by atoms with Crippen LogP contribution in [0.5, 0.6) is 5.75 Å². The highest BCUT2D eigenvalue weighted by atomic mass is 16.5. The van der Waals surface area contributed by atoms with Gasteiger partial charge in [-0.05, 0) is 41.8 Å². The Hall–Kier alpha value is -5.69. The van der Waals surface area contributed by atoms with Gasteiger partial charge in [-0.25, -0.2) is 9.59 Å². The summed E-state index contributed by atoms with van der Waals surface area (Å²) in [4.78, 5) is 26.6. The molecule has 8 rings (SSSR count). The van der Waals surface area contributed by atoms with Crippen molar-refractivity contribution in [3.8, 4) is 17.0 Å². The molecule has 1 aliphatic rings. The first-order valence-electron chi connectivity index (χ1n) is 13.1. The molecule has 4 heterocycles. The van der Waals surface area contributed by atoms with Crippen LogP contribution in [0.1, 0.15) is 22.8 Å². The maximum atomic E-state index is 13.4. The Bertz CT molecular complexity index is 2310. The lowest BCUT2D eigenvalue weighted by molar-refractivity contribution is 0.433. The first-order chi connectivity index (χ1) is 20.2. The molecule has 0 saturated carbocycles. The van der Waals surface area contributed by atoms with E-state index in [4.69, 9.17) is 13.6 Å². The third-order valence-electron chi connectivity index (χ3n) is 7.63. The topological polar surface area (TPSA) is 98.3 Å². The van der Waals surface area contributed by atoms with Crippen LogP contribution in [0.3, 0.4) is 0 Å². The van der Waals surface area contributed by atoms with Crippen molar-refractivity contribution in [2.45, 2.75) is 5.92 Å². The van der Waals surface area contributed by atoms with Crippen molar-refractivity contribution in [3.63, 3.8) is 0 Å². The maximum Gasteiger partial charge on any atom is 0.344 e. The van der Waals surface area contributed by atoms with Crippen molar-refractivity contribution in [1.82, 2.24) is 10.2 Å². The Morgan fingerprint density at radius 1 is 0.683 bits per heavy atom. The summed E-state index contributed by atoms with van der Waals surface area (Å²) < 4.78 is 17.9. The van der Waals surface area contributed by atoms with E-state index in [1.165, 1.54) is 0 Å². The van der Waals surface area contributed by atoms with E-state index in [2.05, 4.69) is 10.2 Å². The summed E-state index contributed by atoms with van der Waals surface area (Å²) in [6.07, 6.45) is 1.55. The van der Waals surface area contributed by atoms with Gasteiger partial charge in [0.1, 0.15) is 22.8 Å². The van der Waals surface area contributed by atoms with Crippen LogP contribution >= 0.6 is 0 Å². The molecule has 0 fully saturated rings. The minimum Gasteiger partial charge on any atom is -0.464 e. The number of aromatic amines is 1. The van der Waals surface area contributed by atoms with Gasteiger partial charge >= 0.3 is 11.3 Å². The molecule has 0 bridgehead atoms. The summed E-state index contributed by atoms with van der Waals surface area (Å²) in [5.74, 6) is 0.278. The Kier molecular flexibility index (Phi) is 5.05. The minimum atomic E-state index is -0.674. The zero-order chi connectivity index (χ0) is 27.5. The number of rotatable bonds is 3. The summed E-state index contributed by atoms with van der Waals surface area (Å²) in [6, 6.07) is 31.8. The average molecular weight is 537 g/mol. The normalized spacial score (nSPS) is 14.6. The lowest BCUT2D eigenvalue weighted by Crippen LogP contribution is -2.19. The standard InChI is InChI=1S/C34H20N2O5/c37-33-21-10-3-1-8-19(21)17-29(41-33)31-25(24-16-20-9-2-6-14-27(20)40-34(24)38)18-39-28-15-7-12-23(30(28)31)32-22-11-4-5-13-26(22)35-36-32/h1-18,31H,(H,35,36). The Morgan fingerprint density at radius 2 is 1.46 bits per heavy atom. The molecule has 1 unspecified atom stereocenters. The minimum absolute atomic E-state index is 0.317. The number of hydrogen-bond acceptors (Lipinski definition) is 6. The number of benzene rings is 4. The van der Waals surface area contributed by atoms with Crippen molar-refractivity contribution in [1.29, 1.82) is 0 Å². The van der Waals surface area contributed by atoms with E-state index >= 15 is 0 Å². The molecule has 0 radical (unpaired) electrons. The van der Waals surface area contributed by atoms with E-state index in [-0.39, 0.29) is 0 Å². The van der Waals surface area contributed by atoms with Gasteiger partial charge in [-0.3, -0.25) is 5.10 Å². The Labute approximate surface area is 231 Å². The van der Waals surface area contributed by atoms with Crippen LogP contribution < -0.4 is 16.0 Å². The number of nitrogens with one attached hydrogen (secondary N) is 1. The molecule has 0 saturated heterocycles. The predicted octanol–water partition coefficient (Wildman–Crippen LogP) is 7.01. The lowest BCUT2D eigenvalue weighted by Gasteiger charge is -2.28. The van der Waals surface area contributed by atoms with E-state index in [1.54, 1.807) is 30.5 Å². The van der Waals surface area contributed by atoms with Crippen molar-refractivity contribution < 1.29 is 13.6 Å². The molecule has 1 N–H and O–H groups in total. The van der Waals surface area contributed by atoms with Gasteiger partial charge in [-0.15, -0.1) is 0 Å². The fourth-order valence-corrected chi connectivity index (χ4v) is 5.74. The quantitative estimate of drug-likeness (QED) is 0.244. The number of H-pyrrole nitrogens is 1. The molecule has 41 heavy (non-hydrogen) atoms. The van der Waals surface area contributed by atoms with Gasteiger partial charge in [-0.1, -0.05) is 66.7 Å². The first kappa shape index (κ1) is 23.2. The van der Waals surface area contributed by atoms with Crippen LogP contribution in [-0.2, 0) is 0 Å². The summed E-state index contributed by atoms with van der Waals surface area (Å²) in [5, 5.41) is 10.7. The summed E-state index contributed by atoms with van der Waals surface area (Å²) >= 11 is 0. The van der Waals surface area contributed by atoms with Crippen LogP contribution in [0.2, 0.25) is 0 Å². The van der Waals surface area contributed by atoms with Crippen molar-refractivity contribution in [2.24, 2.45) is 0 Å². The van der Waals surface area contributed by atoms with Gasteiger partial charge in [0.05, 0.1) is 28.6 Å². The van der Waals surface area contributed by atoms with Crippen LogP contribution in [0, 0.1) is 0 Å². The molecule has 3 aromatic heterocycles. The molecule has 196 valence electrons. The molecule has 0 aliphatic carbocycles. The molecular weight excluding hydrogens is 516 g/mol. The number of allylic oxidation sites excluding steroid dienone is 1.